The predicted molar refractivity (Wildman–Crippen MR) is 113 cm³/mol. The Morgan fingerprint density at radius 1 is 1.07 bits per heavy atom. The first kappa shape index (κ1) is 20.4. The molecule has 0 saturated carbocycles. The van der Waals surface area contributed by atoms with E-state index in [1.165, 1.54) is 28.3 Å². The predicted octanol–water partition coefficient (Wildman–Crippen LogP) is 2.40. The van der Waals surface area contributed by atoms with Crippen molar-refractivity contribution in [3.8, 4) is 0 Å². The number of carbonyl (C=O) groups excluding carboxylic acids is 1. The van der Waals surface area contributed by atoms with Gasteiger partial charge in [-0.1, -0.05) is 12.1 Å². The minimum atomic E-state index is -3.84. The molecule has 1 aromatic rings. The van der Waals surface area contributed by atoms with Crippen LogP contribution in [0.25, 0.3) is 0 Å². The third kappa shape index (κ3) is 4.99. The van der Waals surface area contributed by atoms with Crippen molar-refractivity contribution >= 4 is 21.7 Å². The molecule has 4 rings (SSSR count). The summed E-state index contributed by atoms with van der Waals surface area (Å²) in [5, 5.41) is 7.19. The molecule has 2 aliphatic carbocycles. The number of urea groups is 1. The maximum Gasteiger partial charge on any atom is 0.333 e. The summed E-state index contributed by atoms with van der Waals surface area (Å²) in [6.07, 6.45) is 9.46. The summed E-state index contributed by atoms with van der Waals surface area (Å²) in [6, 6.07) is 1.93. The standard InChI is InChI=1S/C21H29N3O4S/c25-21(24-29(26,27)13-3-10-22-17-8-11-28-12-9-17)23-20-18-6-1-4-15(18)14-16-5-2-7-19(16)20/h3,13-14,17,22H,1-2,4-12H2,(H2,23,24,25)/b13-3+. The first-order chi connectivity index (χ1) is 14.0. The maximum absolute atomic E-state index is 12.4. The molecule has 7 nitrogen and oxygen atoms in total. The van der Waals surface area contributed by atoms with Crippen LogP contribution in [-0.4, -0.2) is 40.2 Å². The summed E-state index contributed by atoms with van der Waals surface area (Å²) in [6.45, 7) is 1.90. The molecule has 8 heteroatoms. The van der Waals surface area contributed by atoms with Crippen molar-refractivity contribution in [1.29, 1.82) is 0 Å². The van der Waals surface area contributed by atoms with Gasteiger partial charge in [-0.2, -0.15) is 0 Å². The number of hydrogen-bond donors (Lipinski definition) is 3. The lowest BCUT2D eigenvalue weighted by Gasteiger charge is -2.22. The van der Waals surface area contributed by atoms with Crippen LogP contribution in [0.15, 0.2) is 17.6 Å². The van der Waals surface area contributed by atoms with Crippen molar-refractivity contribution in [1.82, 2.24) is 10.0 Å². The fourth-order valence-electron chi connectivity index (χ4n) is 4.58. The molecule has 1 heterocycles. The van der Waals surface area contributed by atoms with Crippen LogP contribution in [0.2, 0.25) is 0 Å². The highest BCUT2D eigenvalue weighted by Crippen LogP contribution is 2.38. The van der Waals surface area contributed by atoms with Gasteiger partial charge in [0.05, 0.1) is 0 Å². The van der Waals surface area contributed by atoms with E-state index in [0.29, 0.717) is 12.6 Å². The van der Waals surface area contributed by atoms with Crippen LogP contribution in [0.4, 0.5) is 10.5 Å². The fourth-order valence-corrected chi connectivity index (χ4v) is 5.31. The van der Waals surface area contributed by atoms with E-state index < -0.39 is 16.1 Å². The number of anilines is 1. The lowest BCUT2D eigenvalue weighted by atomic mass is 9.99. The van der Waals surface area contributed by atoms with Gasteiger partial charge in [-0.3, -0.25) is 0 Å². The molecule has 0 unspecified atom stereocenters. The van der Waals surface area contributed by atoms with Crippen LogP contribution in [0.5, 0.6) is 0 Å². The lowest BCUT2D eigenvalue weighted by Crippen LogP contribution is -2.35. The van der Waals surface area contributed by atoms with Crippen molar-refractivity contribution in [2.75, 3.05) is 25.1 Å². The Morgan fingerprint density at radius 2 is 1.72 bits per heavy atom. The number of aryl methyl sites for hydroxylation is 2. The third-order valence-electron chi connectivity index (χ3n) is 5.97. The highest BCUT2D eigenvalue weighted by Gasteiger charge is 2.25. The second-order valence-electron chi connectivity index (χ2n) is 8.00. The van der Waals surface area contributed by atoms with Crippen LogP contribution in [0, 0.1) is 0 Å². The van der Waals surface area contributed by atoms with Crippen molar-refractivity contribution in [2.45, 2.75) is 57.4 Å². The minimum absolute atomic E-state index is 0.342. The van der Waals surface area contributed by atoms with Gasteiger partial charge in [0, 0.05) is 36.9 Å². The topological polar surface area (TPSA) is 96.5 Å². The Kier molecular flexibility index (Phi) is 6.22. The summed E-state index contributed by atoms with van der Waals surface area (Å²) >= 11 is 0. The number of benzene rings is 1. The van der Waals surface area contributed by atoms with Gasteiger partial charge in [-0.15, -0.1) is 0 Å². The zero-order chi connectivity index (χ0) is 20.3. The Labute approximate surface area is 172 Å². The van der Waals surface area contributed by atoms with E-state index >= 15 is 0 Å². The smallest absolute Gasteiger partial charge is 0.333 e. The van der Waals surface area contributed by atoms with E-state index in [1.54, 1.807) is 0 Å². The summed E-state index contributed by atoms with van der Waals surface area (Å²) in [7, 11) is -3.84. The fraction of sp³-hybridized carbons (Fsp3) is 0.571. The molecule has 0 atom stereocenters. The van der Waals surface area contributed by atoms with Gasteiger partial charge >= 0.3 is 6.03 Å². The SMILES string of the molecule is O=C(Nc1c2c(cc3c1CCC3)CCC2)NS(=O)(=O)/C=C/CNC1CCOCC1. The van der Waals surface area contributed by atoms with E-state index in [4.69, 9.17) is 4.74 Å². The number of sulfonamides is 1. The Balaban J connectivity index is 1.35. The van der Waals surface area contributed by atoms with Gasteiger partial charge < -0.3 is 15.4 Å². The third-order valence-corrected chi connectivity index (χ3v) is 6.99. The molecule has 1 saturated heterocycles. The van der Waals surface area contributed by atoms with Crippen LogP contribution < -0.4 is 15.4 Å². The molecule has 2 amide bonds. The summed E-state index contributed by atoms with van der Waals surface area (Å²) in [4.78, 5) is 12.4. The molecule has 158 valence electrons. The van der Waals surface area contributed by atoms with Crippen LogP contribution in [0.3, 0.4) is 0 Å². The molecule has 0 radical (unpaired) electrons. The van der Waals surface area contributed by atoms with Crippen LogP contribution >= 0.6 is 0 Å². The number of hydrogen-bond acceptors (Lipinski definition) is 5. The minimum Gasteiger partial charge on any atom is -0.381 e. The Morgan fingerprint density at radius 3 is 2.38 bits per heavy atom. The van der Waals surface area contributed by atoms with Gasteiger partial charge in [0.1, 0.15) is 0 Å². The van der Waals surface area contributed by atoms with Crippen molar-refractivity contribution in [3.63, 3.8) is 0 Å². The summed E-state index contributed by atoms with van der Waals surface area (Å²) in [5.41, 5.74) is 5.78. The zero-order valence-corrected chi connectivity index (χ0v) is 17.4. The zero-order valence-electron chi connectivity index (χ0n) is 16.6. The van der Waals surface area contributed by atoms with Gasteiger partial charge in [0.25, 0.3) is 10.0 Å². The molecule has 0 bridgehead atoms. The molecular formula is C21H29N3O4S. The molecule has 0 aromatic heterocycles. The molecular weight excluding hydrogens is 390 g/mol. The molecule has 3 N–H and O–H groups in total. The van der Waals surface area contributed by atoms with Crippen LogP contribution in [-0.2, 0) is 40.4 Å². The largest absolute Gasteiger partial charge is 0.381 e. The number of ether oxygens (including phenoxy) is 1. The van der Waals surface area contributed by atoms with Gasteiger partial charge in [-0.05, 0) is 73.6 Å². The number of amides is 2. The normalized spacial score (nSPS) is 19.3. The highest BCUT2D eigenvalue weighted by atomic mass is 32.2. The first-order valence-electron chi connectivity index (χ1n) is 10.5. The summed E-state index contributed by atoms with van der Waals surface area (Å²) < 4.78 is 31.9. The second-order valence-corrected chi connectivity index (χ2v) is 9.57. The van der Waals surface area contributed by atoms with E-state index in [9.17, 15) is 13.2 Å². The maximum atomic E-state index is 12.4. The Hall–Kier alpha value is -1.90. The monoisotopic (exact) mass is 419 g/mol. The van der Waals surface area contributed by atoms with Gasteiger partial charge in [0.15, 0.2) is 0 Å². The first-order valence-corrected chi connectivity index (χ1v) is 12.0. The molecule has 29 heavy (non-hydrogen) atoms. The average molecular weight is 420 g/mol. The summed E-state index contributed by atoms with van der Waals surface area (Å²) in [5.74, 6) is 0. The van der Waals surface area contributed by atoms with Gasteiger partial charge in [-0.25, -0.2) is 17.9 Å². The highest BCUT2D eigenvalue weighted by molar-refractivity contribution is 7.92. The van der Waals surface area contributed by atoms with E-state index in [0.717, 1.165) is 75.7 Å². The van der Waals surface area contributed by atoms with E-state index in [-0.39, 0.29) is 0 Å². The second kappa shape index (κ2) is 8.85. The number of carbonyl (C=O) groups is 1. The van der Waals surface area contributed by atoms with Crippen LogP contribution in [0.1, 0.15) is 47.9 Å². The molecule has 1 fully saturated rings. The quantitative estimate of drug-likeness (QED) is 0.658. The van der Waals surface area contributed by atoms with Crippen molar-refractivity contribution in [2.24, 2.45) is 0 Å². The molecule has 3 aliphatic rings. The van der Waals surface area contributed by atoms with Crippen molar-refractivity contribution < 1.29 is 17.9 Å². The lowest BCUT2D eigenvalue weighted by molar-refractivity contribution is 0.0789. The number of rotatable bonds is 6. The molecule has 1 aliphatic heterocycles. The number of fused-ring (bicyclic) bond motifs is 2. The van der Waals surface area contributed by atoms with E-state index in [1.807, 2.05) is 0 Å². The van der Waals surface area contributed by atoms with Crippen molar-refractivity contribution in [3.05, 3.63) is 39.8 Å². The van der Waals surface area contributed by atoms with Gasteiger partial charge in [0.2, 0.25) is 0 Å². The molecule has 1 aromatic carbocycles. The average Bonchev–Trinajstić information content (AvgIpc) is 3.34. The Bertz CT molecular complexity index is 873. The van der Waals surface area contributed by atoms with E-state index in [2.05, 4.69) is 21.4 Å². The number of nitrogens with one attached hydrogen (secondary N) is 3. The molecule has 0 spiro atoms.